The number of carbonyl (C=O) groups is 3. The summed E-state index contributed by atoms with van der Waals surface area (Å²) in [5, 5.41) is 37.0. The molecule has 13 heteroatoms. The standard InChI is InChI=1S/C33H43NO12/c1-16(36)46-33-21-18(12-31(40,28(44-5)26(33)38)27(21)45-29(39)17-9-7-6-8-10-17)32-20(42-3)11-19(37)30(14-41-2)13-34(15-35)25(32)22(33)23(43-4)24(30)32/h6-10,15,18-28,37-38,40H,11-14H2,1-5H3/t18-,19+,20-,21-,22-,23+,24-,25+,26+,27-,28-,30-,31+,32+,33-/m1/s1. The normalized spacial score (nSPS) is 49.4. The average Bonchev–Trinajstić information content (AvgIpc) is 3.41. The molecule has 7 bridgehead atoms. The second kappa shape index (κ2) is 10.7. The fourth-order valence-corrected chi connectivity index (χ4v) is 12.0. The van der Waals surface area contributed by atoms with E-state index in [-0.39, 0.29) is 31.6 Å². The number of nitrogens with zero attached hydrogens (tertiary/aromatic N) is 1. The van der Waals surface area contributed by atoms with E-state index in [2.05, 4.69) is 0 Å². The molecule has 6 fully saturated rings. The smallest absolute Gasteiger partial charge is 0.338 e. The van der Waals surface area contributed by atoms with Gasteiger partial charge >= 0.3 is 11.9 Å². The molecule has 3 N–H and O–H groups in total. The lowest BCUT2D eigenvalue weighted by Crippen LogP contribution is -2.81. The maximum Gasteiger partial charge on any atom is 0.338 e. The third-order valence-corrected chi connectivity index (χ3v) is 12.8. The highest BCUT2D eigenvalue weighted by molar-refractivity contribution is 5.89. The van der Waals surface area contributed by atoms with Gasteiger partial charge in [0.2, 0.25) is 6.41 Å². The van der Waals surface area contributed by atoms with Crippen molar-refractivity contribution >= 4 is 18.3 Å². The Labute approximate surface area is 267 Å². The highest BCUT2D eigenvalue weighted by Gasteiger charge is 2.92. The van der Waals surface area contributed by atoms with Gasteiger partial charge in [-0.25, -0.2) is 4.79 Å². The second-order valence-corrected chi connectivity index (χ2v) is 14.1. The summed E-state index contributed by atoms with van der Waals surface area (Å²) in [6.45, 7) is 1.44. The molecular weight excluding hydrogens is 602 g/mol. The first-order valence-corrected chi connectivity index (χ1v) is 15.8. The summed E-state index contributed by atoms with van der Waals surface area (Å²) in [7, 11) is 5.95. The lowest BCUT2D eigenvalue weighted by molar-refractivity contribution is -0.319. The van der Waals surface area contributed by atoms with Crippen molar-refractivity contribution in [3.8, 4) is 0 Å². The number of aliphatic hydroxyl groups is 3. The first-order valence-electron chi connectivity index (χ1n) is 15.8. The van der Waals surface area contributed by atoms with Crippen molar-refractivity contribution in [2.75, 3.05) is 41.6 Å². The van der Waals surface area contributed by atoms with E-state index in [1.54, 1.807) is 42.3 Å². The zero-order chi connectivity index (χ0) is 33.0. The molecule has 0 unspecified atom stereocenters. The highest BCUT2D eigenvalue weighted by atomic mass is 16.6. The molecule has 15 atom stereocenters. The number of amides is 1. The molecule has 1 heterocycles. The van der Waals surface area contributed by atoms with E-state index >= 15 is 0 Å². The fraction of sp³-hybridized carbons (Fsp3) is 0.727. The zero-order valence-electron chi connectivity index (χ0n) is 26.6. The maximum atomic E-state index is 13.7. The predicted molar refractivity (Wildman–Crippen MR) is 156 cm³/mol. The van der Waals surface area contributed by atoms with Gasteiger partial charge in [0.15, 0.2) is 5.60 Å². The van der Waals surface area contributed by atoms with Crippen LogP contribution in [0.2, 0.25) is 0 Å². The van der Waals surface area contributed by atoms with Crippen LogP contribution < -0.4 is 0 Å². The summed E-state index contributed by atoms with van der Waals surface area (Å²) in [6, 6.07) is 7.64. The van der Waals surface area contributed by atoms with Gasteiger partial charge in [0.05, 0.1) is 30.5 Å². The van der Waals surface area contributed by atoms with Crippen LogP contribution in [0.4, 0.5) is 0 Å². The molecule has 1 aromatic carbocycles. The molecule has 1 amide bonds. The number of carbonyl (C=O) groups excluding carboxylic acids is 3. The molecule has 1 aliphatic heterocycles. The van der Waals surface area contributed by atoms with Crippen LogP contribution in [0.5, 0.6) is 0 Å². The van der Waals surface area contributed by atoms with Gasteiger partial charge in [-0.05, 0) is 24.5 Å². The Morgan fingerprint density at radius 2 is 1.74 bits per heavy atom. The molecule has 13 nitrogen and oxygen atoms in total. The van der Waals surface area contributed by atoms with Crippen molar-refractivity contribution in [1.29, 1.82) is 0 Å². The Bertz CT molecular complexity index is 1400. The second-order valence-electron chi connectivity index (χ2n) is 14.1. The van der Waals surface area contributed by atoms with Gasteiger partial charge in [-0.2, -0.15) is 0 Å². The number of ether oxygens (including phenoxy) is 6. The molecule has 5 aliphatic carbocycles. The third-order valence-electron chi connectivity index (χ3n) is 12.8. The number of methoxy groups -OCH3 is 4. The number of likely N-dealkylation sites (tertiary alicyclic amines) is 1. The molecule has 1 spiro atoms. The van der Waals surface area contributed by atoms with E-state index in [0.717, 1.165) is 6.41 Å². The summed E-state index contributed by atoms with van der Waals surface area (Å²) in [5.41, 5.74) is -5.54. The van der Waals surface area contributed by atoms with Crippen molar-refractivity contribution in [3.63, 3.8) is 0 Å². The number of rotatable bonds is 9. The molecule has 0 radical (unpaired) electrons. The molecule has 1 saturated heterocycles. The highest BCUT2D eigenvalue weighted by Crippen LogP contribution is 2.80. The summed E-state index contributed by atoms with van der Waals surface area (Å²) in [5.74, 6) is -4.46. The summed E-state index contributed by atoms with van der Waals surface area (Å²) >= 11 is 0. The number of hydrogen-bond acceptors (Lipinski definition) is 12. The topological polar surface area (TPSA) is 171 Å². The Morgan fingerprint density at radius 3 is 2.33 bits per heavy atom. The fourth-order valence-electron chi connectivity index (χ4n) is 12.0. The summed E-state index contributed by atoms with van der Waals surface area (Å²) < 4.78 is 36.8. The Hall–Kier alpha value is -2.65. The monoisotopic (exact) mass is 645 g/mol. The molecule has 0 aromatic heterocycles. The van der Waals surface area contributed by atoms with Crippen LogP contribution in [-0.2, 0) is 38.0 Å². The van der Waals surface area contributed by atoms with Crippen molar-refractivity contribution in [3.05, 3.63) is 35.9 Å². The van der Waals surface area contributed by atoms with Gasteiger partial charge in [-0.15, -0.1) is 0 Å². The molecule has 6 aliphatic rings. The first kappa shape index (κ1) is 31.9. The van der Waals surface area contributed by atoms with Gasteiger partial charge < -0.3 is 48.6 Å². The predicted octanol–water partition coefficient (Wildman–Crippen LogP) is -0.215. The largest absolute Gasteiger partial charge is 0.455 e. The Kier molecular flexibility index (Phi) is 7.41. The summed E-state index contributed by atoms with van der Waals surface area (Å²) in [6.07, 6.45) is -5.77. The SMILES string of the molecule is COC[C@@]12CN(C=O)[C@H]3[C@H]4[C@H](OC)[C@H]1[C@]3([C@@H]1C[C@]3(O)[C@H](OC(=O)c5ccccc5)[C@@H]1[C@]4(OC(C)=O)[C@@H](O)[C@H]3OC)[C@H](OC)C[C@@H]2O. The van der Waals surface area contributed by atoms with Crippen molar-refractivity contribution in [2.45, 2.75) is 73.6 Å². The molecule has 46 heavy (non-hydrogen) atoms. The number of piperidine rings is 1. The van der Waals surface area contributed by atoms with Crippen molar-refractivity contribution in [1.82, 2.24) is 4.90 Å². The van der Waals surface area contributed by atoms with E-state index in [0.29, 0.717) is 0 Å². The number of fused-ring (bicyclic) bond motifs is 2. The number of aliphatic hydroxyl groups excluding tert-OH is 2. The van der Waals surface area contributed by atoms with E-state index in [1.165, 1.54) is 28.3 Å². The minimum atomic E-state index is -1.92. The van der Waals surface area contributed by atoms with E-state index in [4.69, 9.17) is 28.4 Å². The zero-order valence-corrected chi connectivity index (χ0v) is 26.6. The summed E-state index contributed by atoms with van der Waals surface area (Å²) in [4.78, 5) is 41.6. The third kappa shape index (κ3) is 3.52. The molecule has 252 valence electrons. The van der Waals surface area contributed by atoms with Crippen LogP contribution >= 0.6 is 0 Å². The van der Waals surface area contributed by atoms with Crippen LogP contribution in [0.15, 0.2) is 30.3 Å². The number of hydrogen-bond donors (Lipinski definition) is 3. The van der Waals surface area contributed by atoms with Crippen LogP contribution in [0.25, 0.3) is 0 Å². The van der Waals surface area contributed by atoms with E-state index < -0.39 is 100 Å². The van der Waals surface area contributed by atoms with Crippen molar-refractivity contribution in [2.24, 2.45) is 34.5 Å². The van der Waals surface area contributed by atoms with Gasteiger partial charge in [0.1, 0.15) is 23.9 Å². The van der Waals surface area contributed by atoms with Gasteiger partial charge in [-0.3, -0.25) is 9.59 Å². The first-order chi connectivity index (χ1) is 22.0. The maximum absolute atomic E-state index is 13.7. The van der Waals surface area contributed by atoms with Crippen LogP contribution in [0, 0.1) is 34.5 Å². The molecular formula is C33H43NO12. The lowest BCUT2D eigenvalue weighted by Gasteiger charge is -2.69. The van der Waals surface area contributed by atoms with Gasteiger partial charge in [-0.1, -0.05) is 18.2 Å². The molecule has 1 aromatic rings. The van der Waals surface area contributed by atoms with Crippen molar-refractivity contribution < 1.29 is 58.1 Å². The Morgan fingerprint density at radius 1 is 1.02 bits per heavy atom. The minimum Gasteiger partial charge on any atom is -0.455 e. The van der Waals surface area contributed by atoms with E-state index in [9.17, 15) is 29.7 Å². The molecule has 5 saturated carbocycles. The van der Waals surface area contributed by atoms with E-state index in [1.807, 2.05) is 0 Å². The molecule has 7 rings (SSSR count). The minimum absolute atomic E-state index is 0.0369. The quantitative estimate of drug-likeness (QED) is 0.239. The average molecular weight is 646 g/mol. The van der Waals surface area contributed by atoms with Gasteiger partial charge in [0, 0.05) is 83.0 Å². The Balaban J connectivity index is 1.53. The van der Waals surface area contributed by atoms with Crippen LogP contribution in [0.1, 0.15) is 30.1 Å². The lowest BCUT2D eigenvalue weighted by atomic mass is 9.42. The number of benzene rings is 1. The van der Waals surface area contributed by atoms with Gasteiger partial charge in [0.25, 0.3) is 0 Å². The van der Waals surface area contributed by atoms with Crippen LogP contribution in [-0.4, -0.2) is 134 Å². The van der Waals surface area contributed by atoms with Crippen LogP contribution in [0.3, 0.4) is 0 Å². The number of esters is 2.